The number of anilines is 1. The van der Waals surface area contributed by atoms with Gasteiger partial charge >= 0.3 is 0 Å². The van der Waals surface area contributed by atoms with Crippen LogP contribution in [0.5, 0.6) is 0 Å². The third-order valence-electron chi connectivity index (χ3n) is 2.10. The molecule has 5 heteroatoms. The number of hydrogen-bond donors (Lipinski definition) is 1. The number of nitrogens with zero attached hydrogens (tertiary/aromatic N) is 3. The Hall–Kier alpha value is -1.62. The van der Waals surface area contributed by atoms with Crippen LogP contribution in [0.25, 0.3) is 5.65 Å². The summed E-state index contributed by atoms with van der Waals surface area (Å²) in [4.78, 5) is 4.28. The van der Waals surface area contributed by atoms with Crippen molar-refractivity contribution in [2.75, 3.05) is 12.8 Å². The molecule has 0 spiro atoms. The molecule has 0 saturated heterocycles. The minimum absolute atomic E-state index is 0.418. The van der Waals surface area contributed by atoms with E-state index in [1.54, 1.807) is 11.6 Å². The van der Waals surface area contributed by atoms with Crippen LogP contribution in [-0.4, -0.2) is 21.7 Å². The summed E-state index contributed by atoms with van der Waals surface area (Å²) >= 11 is 0. The van der Waals surface area contributed by atoms with Crippen LogP contribution in [0.4, 0.5) is 5.69 Å². The lowest BCUT2D eigenvalue weighted by Gasteiger charge is -2.00. The number of aryl methyl sites for hydroxylation is 1. The summed E-state index contributed by atoms with van der Waals surface area (Å²) in [5.74, 6) is 0.668. The van der Waals surface area contributed by atoms with E-state index in [9.17, 15) is 0 Å². The van der Waals surface area contributed by atoms with E-state index < -0.39 is 0 Å². The summed E-state index contributed by atoms with van der Waals surface area (Å²) in [6.07, 6.45) is 0. The molecule has 0 bridgehead atoms. The fourth-order valence-corrected chi connectivity index (χ4v) is 1.32. The monoisotopic (exact) mass is 192 g/mol. The Kier molecular flexibility index (Phi) is 2.09. The smallest absolute Gasteiger partial charge is 0.177 e. The van der Waals surface area contributed by atoms with Crippen molar-refractivity contribution < 1.29 is 4.74 Å². The number of pyridine rings is 1. The van der Waals surface area contributed by atoms with E-state index in [0.29, 0.717) is 18.1 Å². The second-order valence-electron chi connectivity index (χ2n) is 3.11. The van der Waals surface area contributed by atoms with E-state index in [1.807, 2.05) is 19.1 Å². The highest BCUT2D eigenvalue weighted by molar-refractivity contribution is 5.51. The molecule has 0 fully saturated rings. The second kappa shape index (κ2) is 3.26. The lowest BCUT2D eigenvalue weighted by Crippen LogP contribution is -1.99. The van der Waals surface area contributed by atoms with Gasteiger partial charge in [-0.1, -0.05) is 0 Å². The van der Waals surface area contributed by atoms with E-state index in [2.05, 4.69) is 10.1 Å². The third kappa shape index (κ3) is 1.31. The van der Waals surface area contributed by atoms with Crippen molar-refractivity contribution in [3.63, 3.8) is 0 Å². The topological polar surface area (TPSA) is 65.4 Å². The molecule has 0 aromatic carbocycles. The molecular formula is C9H12N4O. The normalized spacial score (nSPS) is 11.0. The highest BCUT2D eigenvalue weighted by Gasteiger charge is 2.06. The fraction of sp³-hybridized carbons (Fsp3) is 0.333. The Labute approximate surface area is 81.5 Å². The molecule has 5 nitrogen and oxygen atoms in total. The van der Waals surface area contributed by atoms with E-state index in [0.717, 1.165) is 11.3 Å². The summed E-state index contributed by atoms with van der Waals surface area (Å²) in [6.45, 7) is 2.33. The highest BCUT2D eigenvalue weighted by atomic mass is 16.5. The summed E-state index contributed by atoms with van der Waals surface area (Å²) in [7, 11) is 1.62. The number of aromatic nitrogens is 3. The lowest BCUT2D eigenvalue weighted by atomic mass is 10.3. The molecule has 2 aromatic rings. The van der Waals surface area contributed by atoms with Crippen LogP contribution in [0, 0.1) is 6.92 Å². The summed E-state index contributed by atoms with van der Waals surface area (Å²) in [6, 6.07) is 3.67. The highest BCUT2D eigenvalue weighted by Crippen LogP contribution is 2.12. The summed E-state index contributed by atoms with van der Waals surface area (Å²) in [5.41, 5.74) is 8.16. The van der Waals surface area contributed by atoms with Crippen molar-refractivity contribution in [3.8, 4) is 0 Å². The zero-order valence-electron chi connectivity index (χ0n) is 8.19. The molecule has 2 heterocycles. The number of fused-ring (bicyclic) bond motifs is 1. The van der Waals surface area contributed by atoms with Gasteiger partial charge in [-0.2, -0.15) is 0 Å². The maximum atomic E-state index is 5.75. The third-order valence-corrected chi connectivity index (χ3v) is 2.10. The van der Waals surface area contributed by atoms with Crippen LogP contribution in [-0.2, 0) is 11.3 Å². The molecule has 74 valence electrons. The summed E-state index contributed by atoms with van der Waals surface area (Å²) in [5, 5.41) is 4.26. The number of methoxy groups -OCH3 is 1. The molecule has 0 amide bonds. The van der Waals surface area contributed by atoms with Crippen LogP contribution in [0.15, 0.2) is 12.1 Å². The molecule has 0 aliphatic rings. The van der Waals surface area contributed by atoms with Gasteiger partial charge in [0.05, 0.1) is 11.4 Å². The minimum Gasteiger partial charge on any atom is -0.397 e. The van der Waals surface area contributed by atoms with Gasteiger partial charge in [-0.3, -0.25) is 0 Å². The van der Waals surface area contributed by atoms with Gasteiger partial charge in [0.15, 0.2) is 11.5 Å². The number of nitrogens with two attached hydrogens (primary N) is 1. The Balaban J connectivity index is 2.59. The zero-order valence-corrected chi connectivity index (χ0v) is 8.19. The number of rotatable bonds is 2. The number of hydrogen-bond acceptors (Lipinski definition) is 4. The van der Waals surface area contributed by atoms with E-state index in [-0.39, 0.29) is 0 Å². The standard InChI is InChI=1S/C9H12N4O/c1-6-7(10)3-4-9-11-8(5-14-2)12-13(6)9/h3-4H,5,10H2,1-2H3. The first-order valence-electron chi connectivity index (χ1n) is 4.32. The van der Waals surface area contributed by atoms with E-state index >= 15 is 0 Å². The molecule has 0 radical (unpaired) electrons. The molecule has 14 heavy (non-hydrogen) atoms. The van der Waals surface area contributed by atoms with E-state index in [1.165, 1.54) is 0 Å². The first-order chi connectivity index (χ1) is 6.72. The average molecular weight is 192 g/mol. The van der Waals surface area contributed by atoms with Crippen molar-refractivity contribution in [3.05, 3.63) is 23.7 Å². The molecule has 2 aromatic heterocycles. The molecule has 0 atom stereocenters. The number of ether oxygens (including phenoxy) is 1. The predicted octanol–water partition coefficient (Wildman–Crippen LogP) is 0.766. The SMILES string of the molecule is COCc1nc2ccc(N)c(C)n2n1. The van der Waals surface area contributed by atoms with Crippen LogP contribution < -0.4 is 5.73 Å². The zero-order chi connectivity index (χ0) is 10.1. The predicted molar refractivity (Wildman–Crippen MR) is 52.8 cm³/mol. The quantitative estimate of drug-likeness (QED) is 0.763. The molecule has 0 aliphatic heterocycles. The Bertz CT molecular complexity index is 463. The van der Waals surface area contributed by atoms with Gasteiger partial charge in [0.1, 0.15) is 6.61 Å². The first-order valence-corrected chi connectivity index (χ1v) is 4.32. The molecule has 2 rings (SSSR count). The van der Waals surface area contributed by atoms with Gasteiger partial charge in [-0.15, -0.1) is 5.10 Å². The molecule has 0 saturated carbocycles. The van der Waals surface area contributed by atoms with Crippen LogP contribution >= 0.6 is 0 Å². The Morgan fingerprint density at radius 3 is 3.00 bits per heavy atom. The van der Waals surface area contributed by atoms with E-state index in [4.69, 9.17) is 10.5 Å². The van der Waals surface area contributed by atoms with Crippen molar-refractivity contribution in [2.45, 2.75) is 13.5 Å². The van der Waals surface area contributed by atoms with Gasteiger partial charge in [0.25, 0.3) is 0 Å². The van der Waals surface area contributed by atoms with Crippen LogP contribution in [0.2, 0.25) is 0 Å². The number of nitrogen functional groups attached to an aromatic ring is 1. The van der Waals surface area contributed by atoms with Crippen molar-refractivity contribution in [1.82, 2.24) is 14.6 Å². The molecule has 0 unspecified atom stereocenters. The summed E-state index contributed by atoms with van der Waals surface area (Å²) < 4.78 is 6.68. The maximum Gasteiger partial charge on any atom is 0.177 e. The first kappa shape index (κ1) is 8.96. The fourth-order valence-electron chi connectivity index (χ4n) is 1.32. The van der Waals surface area contributed by atoms with Crippen LogP contribution in [0.3, 0.4) is 0 Å². The van der Waals surface area contributed by atoms with Crippen molar-refractivity contribution in [1.29, 1.82) is 0 Å². The average Bonchev–Trinajstić information content (AvgIpc) is 2.56. The lowest BCUT2D eigenvalue weighted by molar-refractivity contribution is 0.178. The molecule has 0 aliphatic carbocycles. The molecular weight excluding hydrogens is 180 g/mol. The second-order valence-corrected chi connectivity index (χ2v) is 3.11. The van der Waals surface area contributed by atoms with Gasteiger partial charge < -0.3 is 10.5 Å². The Morgan fingerprint density at radius 1 is 1.50 bits per heavy atom. The van der Waals surface area contributed by atoms with Gasteiger partial charge in [0, 0.05) is 7.11 Å². The van der Waals surface area contributed by atoms with Crippen LogP contribution in [0.1, 0.15) is 11.5 Å². The molecule has 2 N–H and O–H groups in total. The Morgan fingerprint density at radius 2 is 2.29 bits per heavy atom. The van der Waals surface area contributed by atoms with Crippen molar-refractivity contribution >= 4 is 11.3 Å². The minimum atomic E-state index is 0.418. The van der Waals surface area contributed by atoms with Gasteiger partial charge in [0.2, 0.25) is 0 Å². The van der Waals surface area contributed by atoms with Gasteiger partial charge in [-0.05, 0) is 19.1 Å². The van der Waals surface area contributed by atoms with Crippen molar-refractivity contribution in [2.24, 2.45) is 0 Å². The largest absolute Gasteiger partial charge is 0.397 e. The van der Waals surface area contributed by atoms with Gasteiger partial charge in [-0.25, -0.2) is 9.50 Å². The maximum absolute atomic E-state index is 5.75.